The van der Waals surface area contributed by atoms with Crippen LogP contribution in [0.15, 0.2) is 30.3 Å². The van der Waals surface area contributed by atoms with Crippen LogP contribution in [-0.4, -0.2) is 55.7 Å². The van der Waals surface area contributed by atoms with Gasteiger partial charge >= 0.3 is 0 Å². The van der Waals surface area contributed by atoms with Crippen molar-refractivity contribution in [3.8, 4) is 0 Å². The number of rotatable bonds is 5. The van der Waals surface area contributed by atoms with E-state index in [2.05, 4.69) is 39.8 Å². The highest BCUT2D eigenvalue weighted by molar-refractivity contribution is 5.76. The fourth-order valence-electron chi connectivity index (χ4n) is 3.16. The topological polar surface area (TPSA) is 53.6 Å². The number of carbonyl (C=O) groups is 1. The zero-order valence-corrected chi connectivity index (χ0v) is 13.0. The van der Waals surface area contributed by atoms with E-state index in [1.165, 1.54) is 5.56 Å². The van der Waals surface area contributed by atoms with Crippen molar-refractivity contribution in [3.05, 3.63) is 35.9 Å². The zero-order valence-electron chi connectivity index (χ0n) is 13.0. The lowest BCUT2D eigenvalue weighted by molar-refractivity contribution is -0.126. The lowest BCUT2D eigenvalue weighted by Gasteiger charge is -2.32. The molecule has 5 heteroatoms. The Bertz CT molecular complexity index is 474. The molecule has 2 unspecified atom stereocenters. The largest absolute Gasteiger partial charge is 0.375 e. The van der Waals surface area contributed by atoms with Crippen LogP contribution in [0.4, 0.5) is 0 Å². The van der Waals surface area contributed by atoms with E-state index in [0.29, 0.717) is 13.0 Å². The molecule has 2 N–H and O–H groups in total. The average molecular weight is 303 g/mol. The van der Waals surface area contributed by atoms with E-state index in [1.54, 1.807) is 0 Å². The average Bonchev–Trinajstić information content (AvgIpc) is 3.01. The van der Waals surface area contributed by atoms with E-state index in [1.807, 2.05) is 6.07 Å². The number of benzene rings is 1. The van der Waals surface area contributed by atoms with Crippen molar-refractivity contribution < 1.29 is 9.53 Å². The third-order valence-electron chi connectivity index (χ3n) is 4.31. The molecule has 0 radical (unpaired) electrons. The van der Waals surface area contributed by atoms with Crippen molar-refractivity contribution in [2.24, 2.45) is 0 Å². The Labute approximate surface area is 132 Å². The predicted molar refractivity (Wildman–Crippen MR) is 85.5 cm³/mol. The van der Waals surface area contributed by atoms with Crippen molar-refractivity contribution in [1.82, 2.24) is 15.5 Å². The Balaban J connectivity index is 1.44. The summed E-state index contributed by atoms with van der Waals surface area (Å²) in [7, 11) is 0. The molecule has 2 heterocycles. The highest BCUT2D eigenvalue weighted by Crippen LogP contribution is 2.13. The fourth-order valence-corrected chi connectivity index (χ4v) is 3.16. The van der Waals surface area contributed by atoms with E-state index in [9.17, 15) is 4.79 Å². The molecule has 3 rings (SSSR count). The maximum absolute atomic E-state index is 12.1. The molecular formula is C17H25N3O2. The maximum Gasteiger partial charge on any atom is 0.222 e. The number of morpholine rings is 1. The number of hydrogen-bond acceptors (Lipinski definition) is 4. The van der Waals surface area contributed by atoms with Gasteiger partial charge in [-0.15, -0.1) is 0 Å². The highest BCUT2D eigenvalue weighted by atomic mass is 16.5. The monoisotopic (exact) mass is 303 g/mol. The lowest BCUT2D eigenvalue weighted by atomic mass is 10.1. The van der Waals surface area contributed by atoms with E-state index in [-0.39, 0.29) is 18.1 Å². The molecule has 5 nitrogen and oxygen atoms in total. The number of carbonyl (C=O) groups excluding carboxylic acids is 1. The van der Waals surface area contributed by atoms with Crippen molar-refractivity contribution in [3.63, 3.8) is 0 Å². The number of nitrogens with zero attached hydrogens (tertiary/aromatic N) is 1. The van der Waals surface area contributed by atoms with Gasteiger partial charge < -0.3 is 15.4 Å². The smallest absolute Gasteiger partial charge is 0.222 e. The second-order valence-electron chi connectivity index (χ2n) is 6.17. The molecule has 2 aliphatic heterocycles. The van der Waals surface area contributed by atoms with Gasteiger partial charge in [0.2, 0.25) is 5.91 Å². The summed E-state index contributed by atoms with van der Waals surface area (Å²) in [5.41, 5.74) is 1.31. The van der Waals surface area contributed by atoms with Gasteiger partial charge in [-0.25, -0.2) is 0 Å². The fraction of sp³-hybridized carbons (Fsp3) is 0.588. The highest BCUT2D eigenvalue weighted by Gasteiger charge is 2.24. The molecule has 0 saturated carbocycles. The first-order valence-corrected chi connectivity index (χ1v) is 8.17. The van der Waals surface area contributed by atoms with E-state index < -0.39 is 0 Å². The van der Waals surface area contributed by atoms with E-state index in [0.717, 1.165) is 39.1 Å². The Morgan fingerprint density at radius 3 is 3.00 bits per heavy atom. The Hall–Kier alpha value is -1.43. The van der Waals surface area contributed by atoms with Gasteiger partial charge in [-0.05, 0) is 18.5 Å². The molecule has 0 aliphatic carbocycles. The summed E-state index contributed by atoms with van der Waals surface area (Å²) < 4.78 is 5.76. The Morgan fingerprint density at radius 2 is 2.23 bits per heavy atom. The number of nitrogens with one attached hydrogen (secondary N) is 2. The van der Waals surface area contributed by atoms with Gasteiger partial charge in [0.05, 0.1) is 19.1 Å². The van der Waals surface area contributed by atoms with Gasteiger partial charge in [0, 0.05) is 32.2 Å². The van der Waals surface area contributed by atoms with Crippen LogP contribution in [0.1, 0.15) is 18.4 Å². The van der Waals surface area contributed by atoms with Crippen molar-refractivity contribution in [2.75, 3.05) is 32.8 Å². The van der Waals surface area contributed by atoms with Gasteiger partial charge in [0.25, 0.3) is 0 Å². The molecular weight excluding hydrogens is 278 g/mol. The minimum Gasteiger partial charge on any atom is -0.375 e. The summed E-state index contributed by atoms with van der Waals surface area (Å²) in [5.74, 6) is 0.111. The first-order valence-electron chi connectivity index (χ1n) is 8.17. The third kappa shape index (κ3) is 4.53. The Morgan fingerprint density at radius 1 is 1.36 bits per heavy atom. The molecule has 120 valence electrons. The van der Waals surface area contributed by atoms with Crippen LogP contribution in [0.5, 0.6) is 0 Å². The van der Waals surface area contributed by atoms with Gasteiger partial charge in [0.1, 0.15) is 0 Å². The SMILES string of the molecule is O=C(CC1CN(Cc2ccccc2)CCO1)NC1CCNC1. The second-order valence-corrected chi connectivity index (χ2v) is 6.17. The predicted octanol–water partition coefficient (Wildman–Crippen LogP) is 0.756. The minimum atomic E-state index is 0.00632. The molecule has 1 amide bonds. The molecule has 22 heavy (non-hydrogen) atoms. The summed E-state index contributed by atoms with van der Waals surface area (Å²) in [4.78, 5) is 14.5. The molecule has 2 aliphatic rings. The summed E-state index contributed by atoms with van der Waals surface area (Å²) >= 11 is 0. The standard InChI is InChI=1S/C17H25N3O2/c21-17(19-15-6-7-18-11-15)10-16-13-20(8-9-22-16)12-14-4-2-1-3-5-14/h1-5,15-16,18H,6-13H2,(H,19,21). The minimum absolute atomic E-state index is 0.00632. The Kier molecular flexibility index (Phi) is 5.43. The van der Waals surface area contributed by atoms with Crippen molar-refractivity contribution >= 4 is 5.91 Å². The van der Waals surface area contributed by atoms with E-state index >= 15 is 0 Å². The van der Waals surface area contributed by atoms with Gasteiger partial charge in [0.15, 0.2) is 0 Å². The van der Waals surface area contributed by atoms with Gasteiger partial charge in [-0.2, -0.15) is 0 Å². The lowest BCUT2D eigenvalue weighted by Crippen LogP contribution is -2.45. The van der Waals surface area contributed by atoms with Crippen LogP contribution in [0.25, 0.3) is 0 Å². The normalized spacial score (nSPS) is 26.0. The van der Waals surface area contributed by atoms with Crippen LogP contribution in [-0.2, 0) is 16.1 Å². The van der Waals surface area contributed by atoms with Crippen LogP contribution in [0, 0.1) is 0 Å². The maximum atomic E-state index is 12.1. The van der Waals surface area contributed by atoms with Crippen LogP contribution >= 0.6 is 0 Å². The zero-order chi connectivity index (χ0) is 15.2. The first-order chi connectivity index (χ1) is 10.8. The molecule has 0 aromatic heterocycles. The number of amides is 1. The number of ether oxygens (including phenoxy) is 1. The third-order valence-corrected chi connectivity index (χ3v) is 4.31. The van der Waals surface area contributed by atoms with Crippen molar-refractivity contribution in [1.29, 1.82) is 0 Å². The first kappa shape index (κ1) is 15.5. The summed E-state index contributed by atoms with van der Waals surface area (Å²) in [5, 5.41) is 6.35. The van der Waals surface area contributed by atoms with E-state index in [4.69, 9.17) is 4.74 Å². The molecule has 0 spiro atoms. The van der Waals surface area contributed by atoms with Crippen LogP contribution in [0.2, 0.25) is 0 Å². The molecule has 2 saturated heterocycles. The quantitative estimate of drug-likeness (QED) is 0.843. The molecule has 1 aromatic rings. The molecule has 1 aromatic carbocycles. The van der Waals surface area contributed by atoms with Crippen LogP contribution < -0.4 is 10.6 Å². The number of hydrogen-bond donors (Lipinski definition) is 2. The summed E-state index contributed by atoms with van der Waals surface area (Å²) in [6, 6.07) is 10.7. The molecule has 0 bridgehead atoms. The molecule has 2 fully saturated rings. The van der Waals surface area contributed by atoms with Gasteiger partial charge in [-0.3, -0.25) is 9.69 Å². The summed E-state index contributed by atoms with van der Waals surface area (Å²) in [6.07, 6.45) is 1.49. The van der Waals surface area contributed by atoms with Gasteiger partial charge in [-0.1, -0.05) is 30.3 Å². The molecule has 2 atom stereocenters. The van der Waals surface area contributed by atoms with Crippen LogP contribution in [0.3, 0.4) is 0 Å². The second kappa shape index (κ2) is 7.72. The summed E-state index contributed by atoms with van der Waals surface area (Å²) in [6.45, 7) is 5.27. The van der Waals surface area contributed by atoms with Crippen molar-refractivity contribution in [2.45, 2.75) is 31.5 Å².